The standard InChI is InChI=1S/C24H44N8O8/c1-5-10-27-23(39)16(8-6-7-9-25)29-19(34)14-32(4)24(40)17(11-21(36)37)30-18(33)13-31(3)20(35)12-28-22(38)15(2)26/h15-17H,5-14,25-26H2,1-4H3,(H,27,39)(H,28,38)(H,29,34)(H,30,33)(H,36,37)/t15-,16-,17-/m0/s1. The Morgan fingerprint density at radius 3 is 1.95 bits per heavy atom. The number of carboxylic acid groups (broad SMARTS) is 1. The molecule has 16 nitrogen and oxygen atoms in total. The molecule has 228 valence electrons. The van der Waals surface area contributed by atoms with Gasteiger partial charge in [-0.3, -0.25) is 33.6 Å². The summed E-state index contributed by atoms with van der Waals surface area (Å²) in [6, 6.07) is -3.20. The van der Waals surface area contributed by atoms with E-state index in [0.29, 0.717) is 38.8 Å². The fourth-order valence-electron chi connectivity index (χ4n) is 3.31. The maximum atomic E-state index is 12.9. The van der Waals surface area contributed by atoms with Crippen LogP contribution in [-0.4, -0.2) is 121 Å². The van der Waals surface area contributed by atoms with Gasteiger partial charge in [0.05, 0.1) is 32.1 Å². The zero-order valence-corrected chi connectivity index (χ0v) is 23.7. The van der Waals surface area contributed by atoms with E-state index in [2.05, 4.69) is 21.3 Å². The number of likely N-dealkylation sites (N-methyl/N-ethyl adjacent to an activating group) is 2. The highest BCUT2D eigenvalue weighted by molar-refractivity contribution is 5.95. The quantitative estimate of drug-likeness (QED) is 0.0751. The lowest BCUT2D eigenvalue weighted by atomic mass is 10.1. The largest absolute Gasteiger partial charge is 0.481 e. The molecule has 0 radical (unpaired) electrons. The van der Waals surface area contributed by atoms with Gasteiger partial charge in [0.1, 0.15) is 12.1 Å². The number of carboxylic acids is 1. The van der Waals surface area contributed by atoms with E-state index in [-0.39, 0.29) is 5.91 Å². The van der Waals surface area contributed by atoms with Gasteiger partial charge in [-0.2, -0.15) is 0 Å². The van der Waals surface area contributed by atoms with Crippen molar-refractivity contribution in [2.75, 3.05) is 46.8 Å². The summed E-state index contributed by atoms with van der Waals surface area (Å²) >= 11 is 0. The molecule has 9 N–H and O–H groups in total. The van der Waals surface area contributed by atoms with Crippen molar-refractivity contribution in [1.82, 2.24) is 31.1 Å². The summed E-state index contributed by atoms with van der Waals surface area (Å²) in [5, 5.41) is 19.1. The number of amides is 6. The van der Waals surface area contributed by atoms with Crippen LogP contribution in [0.5, 0.6) is 0 Å². The number of carbonyl (C=O) groups excluding carboxylic acids is 6. The van der Waals surface area contributed by atoms with E-state index in [4.69, 9.17) is 11.5 Å². The number of rotatable bonds is 19. The molecule has 40 heavy (non-hydrogen) atoms. The van der Waals surface area contributed by atoms with Crippen LogP contribution in [0.15, 0.2) is 0 Å². The van der Waals surface area contributed by atoms with Crippen molar-refractivity contribution in [2.24, 2.45) is 11.5 Å². The molecule has 0 heterocycles. The van der Waals surface area contributed by atoms with Crippen LogP contribution in [-0.2, 0) is 33.6 Å². The van der Waals surface area contributed by atoms with Crippen molar-refractivity contribution in [3.05, 3.63) is 0 Å². The van der Waals surface area contributed by atoms with Gasteiger partial charge in [-0.15, -0.1) is 0 Å². The number of nitrogens with one attached hydrogen (secondary N) is 4. The Kier molecular flexibility index (Phi) is 17.5. The lowest BCUT2D eigenvalue weighted by Crippen LogP contribution is -2.54. The number of nitrogens with two attached hydrogens (primary N) is 2. The van der Waals surface area contributed by atoms with Crippen molar-refractivity contribution in [1.29, 1.82) is 0 Å². The summed E-state index contributed by atoms with van der Waals surface area (Å²) < 4.78 is 0. The number of hydrogen-bond acceptors (Lipinski definition) is 9. The fourth-order valence-corrected chi connectivity index (χ4v) is 3.31. The van der Waals surface area contributed by atoms with Gasteiger partial charge in [0.15, 0.2) is 0 Å². The number of hydrogen-bond donors (Lipinski definition) is 7. The van der Waals surface area contributed by atoms with Crippen molar-refractivity contribution in [3.8, 4) is 0 Å². The van der Waals surface area contributed by atoms with E-state index in [1.807, 2.05) is 6.92 Å². The summed E-state index contributed by atoms with van der Waals surface area (Å²) in [6.45, 7) is 2.73. The molecule has 0 aliphatic rings. The van der Waals surface area contributed by atoms with Crippen molar-refractivity contribution in [3.63, 3.8) is 0 Å². The minimum atomic E-state index is -1.53. The molecule has 0 aromatic rings. The molecule has 0 aromatic heterocycles. The first-order valence-electron chi connectivity index (χ1n) is 13.0. The second-order valence-corrected chi connectivity index (χ2v) is 9.36. The summed E-state index contributed by atoms with van der Waals surface area (Å²) in [5.41, 5.74) is 10.9. The topological polar surface area (TPSA) is 246 Å². The Labute approximate surface area is 233 Å². The molecule has 6 amide bonds. The Balaban J connectivity index is 5.18. The smallest absolute Gasteiger partial charge is 0.305 e. The van der Waals surface area contributed by atoms with Gasteiger partial charge < -0.3 is 47.6 Å². The van der Waals surface area contributed by atoms with Crippen LogP contribution < -0.4 is 32.7 Å². The first kappa shape index (κ1) is 36.2. The number of unbranched alkanes of at least 4 members (excludes halogenated alkanes) is 1. The van der Waals surface area contributed by atoms with E-state index >= 15 is 0 Å². The van der Waals surface area contributed by atoms with Crippen molar-refractivity contribution in [2.45, 2.75) is 64.1 Å². The maximum Gasteiger partial charge on any atom is 0.305 e. The molecule has 0 aliphatic heterocycles. The minimum absolute atomic E-state index is 0.342. The van der Waals surface area contributed by atoms with Gasteiger partial charge in [-0.1, -0.05) is 6.92 Å². The molecule has 0 fully saturated rings. The molecule has 3 atom stereocenters. The predicted octanol–water partition coefficient (Wildman–Crippen LogP) is -3.53. The monoisotopic (exact) mass is 572 g/mol. The summed E-state index contributed by atoms with van der Waals surface area (Å²) in [5.74, 6) is -5.28. The molecule has 0 bridgehead atoms. The predicted molar refractivity (Wildman–Crippen MR) is 144 cm³/mol. The second-order valence-electron chi connectivity index (χ2n) is 9.36. The Hall–Kier alpha value is -3.79. The van der Waals surface area contributed by atoms with E-state index in [1.165, 1.54) is 21.0 Å². The number of carbonyl (C=O) groups is 7. The van der Waals surface area contributed by atoms with Crippen LogP contribution in [0.2, 0.25) is 0 Å². The third kappa shape index (κ3) is 15.0. The highest BCUT2D eigenvalue weighted by Gasteiger charge is 2.29. The highest BCUT2D eigenvalue weighted by atomic mass is 16.4. The average Bonchev–Trinajstić information content (AvgIpc) is 2.88. The van der Waals surface area contributed by atoms with Crippen molar-refractivity contribution < 1.29 is 38.7 Å². The van der Waals surface area contributed by atoms with E-state index in [0.717, 1.165) is 9.80 Å². The first-order valence-corrected chi connectivity index (χ1v) is 13.0. The molecule has 0 saturated heterocycles. The molecule has 0 aromatic carbocycles. The van der Waals surface area contributed by atoms with Gasteiger partial charge in [-0.05, 0) is 39.2 Å². The highest BCUT2D eigenvalue weighted by Crippen LogP contribution is 2.03. The summed E-state index contributed by atoms with van der Waals surface area (Å²) in [7, 11) is 2.53. The fraction of sp³-hybridized carbons (Fsp3) is 0.708. The third-order valence-corrected chi connectivity index (χ3v) is 5.55. The van der Waals surface area contributed by atoms with Gasteiger partial charge in [-0.25, -0.2) is 0 Å². The zero-order valence-electron chi connectivity index (χ0n) is 23.7. The Bertz CT molecular complexity index is 898. The van der Waals surface area contributed by atoms with Gasteiger partial charge in [0.2, 0.25) is 35.4 Å². The van der Waals surface area contributed by atoms with Crippen LogP contribution in [0.1, 0.15) is 46.0 Å². The second kappa shape index (κ2) is 19.3. The van der Waals surface area contributed by atoms with E-state index < -0.39 is 79.7 Å². The molecule has 0 spiro atoms. The lowest BCUT2D eigenvalue weighted by Gasteiger charge is -2.25. The van der Waals surface area contributed by atoms with Crippen LogP contribution in [0.4, 0.5) is 0 Å². The van der Waals surface area contributed by atoms with Crippen LogP contribution in [0, 0.1) is 0 Å². The number of aliphatic carboxylic acids is 1. The maximum absolute atomic E-state index is 12.9. The minimum Gasteiger partial charge on any atom is -0.481 e. The van der Waals surface area contributed by atoms with Crippen molar-refractivity contribution >= 4 is 41.4 Å². The molecule has 0 unspecified atom stereocenters. The van der Waals surface area contributed by atoms with Crippen LogP contribution in [0.3, 0.4) is 0 Å². The normalized spacial score (nSPS) is 12.8. The Morgan fingerprint density at radius 2 is 1.43 bits per heavy atom. The molecule has 0 aliphatic carbocycles. The van der Waals surface area contributed by atoms with E-state index in [9.17, 15) is 38.7 Å². The molecule has 0 saturated carbocycles. The summed E-state index contributed by atoms with van der Waals surface area (Å²) in [4.78, 5) is 87.4. The molecule has 0 rings (SSSR count). The van der Waals surface area contributed by atoms with Gasteiger partial charge >= 0.3 is 5.97 Å². The third-order valence-electron chi connectivity index (χ3n) is 5.55. The number of nitrogens with zero attached hydrogens (tertiary/aromatic N) is 2. The van der Waals surface area contributed by atoms with Gasteiger partial charge in [0, 0.05) is 20.6 Å². The molecule has 16 heteroatoms. The molecular formula is C24H44N8O8. The van der Waals surface area contributed by atoms with Gasteiger partial charge in [0.25, 0.3) is 0 Å². The Morgan fingerprint density at radius 1 is 0.850 bits per heavy atom. The molecular weight excluding hydrogens is 528 g/mol. The van der Waals surface area contributed by atoms with E-state index in [1.54, 1.807) is 0 Å². The first-order chi connectivity index (χ1) is 18.7. The summed E-state index contributed by atoms with van der Waals surface area (Å²) in [6.07, 6.45) is 1.52. The lowest BCUT2D eigenvalue weighted by molar-refractivity contribution is -0.144. The average molecular weight is 573 g/mol. The zero-order chi connectivity index (χ0) is 30.8. The SMILES string of the molecule is CCCNC(=O)[C@H](CCCCN)NC(=O)CN(C)C(=O)[C@H](CC(=O)O)NC(=O)CN(C)C(=O)CNC(=O)[C@H](C)N. The van der Waals surface area contributed by atoms with Crippen LogP contribution >= 0.6 is 0 Å². The van der Waals surface area contributed by atoms with Crippen LogP contribution in [0.25, 0.3) is 0 Å².